The second kappa shape index (κ2) is 9.64. The molecule has 2 aromatic carbocycles. The number of hydrogen-bond acceptors (Lipinski definition) is 8. The first-order valence-corrected chi connectivity index (χ1v) is 12.2. The molecule has 172 valence electrons. The van der Waals surface area contributed by atoms with Gasteiger partial charge in [0.15, 0.2) is 5.16 Å². The lowest BCUT2D eigenvalue weighted by molar-refractivity contribution is -0.130. The number of carbonyl (C=O) groups excluding carboxylic acids is 1. The number of hydrazone groups is 1. The highest BCUT2D eigenvalue weighted by Crippen LogP contribution is 2.44. The zero-order chi connectivity index (χ0) is 23.5. The van der Waals surface area contributed by atoms with Gasteiger partial charge >= 0.3 is 0 Å². The monoisotopic (exact) mass is 471 g/mol. The van der Waals surface area contributed by atoms with Crippen molar-refractivity contribution in [3.8, 4) is 0 Å². The van der Waals surface area contributed by atoms with E-state index in [2.05, 4.69) is 45.3 Å². The zero-order valence-corrected chi connectivity index (χ0v) is 19.4. The molecule has 0 unspecified atom stereocenters. The fraction of sp³-hybridized carbons (Fsp3) is 0.240. The summed E-state index contributed by atoms with van der Waals surface area (Å²) in [6, 6.07) is 20.2. The maximum Gasteiger partial charge on any atom is 0.253 e. The first kappa shape index (κ1) is 22.1. The van der Waals surface area contributed by atoms with Gasteiger partial charge in [-0.1, -0.05) is 72.4 Å². The molecular formula is C25H25N7OS. The summed E-state index contributed by atoms with van der Waals surface area (Å²) in [6.45, 7) is 0. The quantitative estimate of drug-likeness (QED) is 0.540. The zero-order valence-electron chi connectivity index (χ0n) is 18.5. The Morgan fingerprint density at radius 3 is 2.38 bits per heavy atom. The molecule has 0 spiro atoms. The van der Waals surface area contributed by atoms with Crippen LogP contribution in [0.5, 0.6) is 0 Å². The van der Waals surface area contributed by atoms with Crippen molar-refractivity contribution in [2.24, 2.45) is 11.0 Å². The normalized spacial score (nSPS) is 20.8. The first-order chi connectivity index (χ1) is 16.6. The van der Waals surface area contributed by atoms with E-state index < -0.39 is 0 Å². The molecule has 1 amide bonds. The van der Waals surface area contributed by atoms with Gasteiger partial charge in [-0.25, -0.2) is 5.01 Å². The van der Waals surface area contributed by atoms with E-state index in [-0.39, 0.29) is 35.5 Å². The molecule has 5 rings (SSSR count). The number of nitrogens with zero attached hydrogens (tertiary/aromatic N) is 5. The third kappa shape index (κ3) is 4.65. The van der Waals surface area contributed by atoms with Crippen molar-refractivity contribution in [1.82, 2.24) is 20.0 Å². The fourth-order valence-corrected chi connectivity index (χ4v) is 5.29. The molecule has 2 aliphatic rings. The topological polar surface area (TPSA) is 123 Å². The number of amides is 1. The summed E-state index contributed by atoms with van der Waals surface area (Å²) in [6.07, 6.45) is 5.20. The van der Waals surface area contributed by atoms with Gasteiger partial charge in [0.2, 0.25) is 11.9 Å². The van der Waals surface area contributed by atoms with Crippen LogP contribution in [0.3, 0.4) is 0 Å². The third-order valence-corrected chi connectivity index (χ3v) is 6.84. The van der Waals surface area contributed by atoms with Crippen LogP contribution in [0, 0.1) is 5.92 Å². The average molecular weight is 472 g/mol. The van der Waals surface area contributed by atoms with Crippen molar-refractivity contribution in [3.63, 3.8) is 0 Å². The van der Waals surface area contributed by atoms with E-state index in [9.17, 15) is 4.79 Å². The summed E-state index contributed by atoms with van der Waals surface area (Å²) in [5.74, 6) is 0.231. The third-order valence-electron chi connectivity index (χ3n) is 6.01. The summed E-state index contributed by atoms with van der Waals surface area (Å²) in [4.78, 5) is 25.3. The lowest BCUT2D eigenvalue weighted by Gasteiger charge is -2.29. The van der Waals surface area contributed by atoms with Crippen LogP contribution >= 0.6 is 11.8 Å². The first-order valence-electron chi connectivity index (χ1n) is 11.2. The van der Waals surface area contributed by atoms with Gasteiger partial charge in [-0.3, -0.25) is 4.79 Å². The summed E-state index contributed by atoms with van der Waals surface area (Å²) < 4.78 is 0. The molecule has 0 radical (unpaired) electrons. The van der Waals surface area contributed by atoms with Crippen molar-refractivity contribution in [3.05, 3.63) is 77.4 Å². The molecule has 4 N–H and O–H groups in total. The fourth-order valence-electron chi connectivity index (χ4n) is 4.59. The molecule has 1 aromatic heterocycles. The van der Waals surface area contributed by atoms with E-state index in [1.165, 1.54) is 17.3 Å². The minimum atomic E-state index is -0.141. The van der Waals surface area contributed by atoms with Gasteiger partial charge in [-0.2, -0.15) is 20.1 Å². The molecule has 0 saturated heterocycles. The molecule has 3 aromatic rings. The SMILES string of the molecule is Nc1nc(N)nc(SCC(=O)N2N=C3/C(=C/c4ccccc4)CCC[C@H]3[C@@H]2c2ccccc2)n1. The van der Waals surface area contributed by atoms with E-state index in [1.807, 2.05) is 36.4 Å². The predicted octanol–water partition coefficient (Wildman–Crippen LogP) is 3.95. The standard InChI is InChI=1S/C25H25N7OS/c26-23-28-24(27)30-25(29-23)34-15-20(33)32-22(17-10-5-2-6-11-17)19-13-7-12-18(21(19)31-32)14-16-8-3-1-4-9-16/h1-6,8-11,14,19,22H,7,12-13,15H2,(H4,26,27,28,29,30)/b18-14+/t19-,22+/m1/s1. The van der Waals surface area contributed by atoms with E-state index >= 15 is 0 Å². The van der Waals surface area contributed by atoms with E-state index in [0.29, 0.717) is 5.16 Å². The highest BCUT2D eigenvalue weighted by Gasteiger charge is 2.43. The smallest absolute Gasteiger partial charge is 0.253 e. The van der Waals surface area contributed by atoms with Crippen LogP contribution < -0.4 is 11.5 Å². The molecule has 1 saturated carbocycles. The van der Waals surface area contributed by atoms with Crippen LogP contribution in [0.15, 0.2) is 76.5 Å². The molecule has 0 bridgehead atoms. The molecule has 34 heavy (non-hydrogen) atoms. The van der Waals surface area contributed by atoms with Crippen LogP contribution in [-0.4, -0.2) is 37.3 Å². The number of allylic oxidation sites excluding steroid dienone is 1. The van der Waals surface area contributed by atoms with E-state index in [4.69, 9.17) is 16.6 Å². The highest BCUT2D eigenvalue weighted by molar-refractivity contribution is 7.99. The number of thioether (sulfide) groups is 1. The van der Waals surface area contributed by atoms with Crippen molar-refractivity contribution >= 4 is 41.4 Å². The van der Waals surface area contributed by atoms with Crippen LogP contribution in [0.25, 0.3) is 6.08 Å². The number of fused-ring (bicyclic) bond motifs is 1. The second-order valence-electron chi connectivity index (χ2n) is 8.28. The Balaban J connectivity index is 1.45. The van der Waals surface area contributed by atoms with Crippen LogP contribution in [0.4, 0.5) is 11.9 Å². The molecular weight excluding hydrogens is 446 g/mol. The van der Waals surface area contributed by atoms with Crippen LogP contribution in [-0.2, 0) is 4.79 Å². The largest absolute Gasteiger partial charge is 0.368 e. The molecule has 1 fully saturated rings. The van der Waals surface area contributed by atoms with E-state index in [1.54, 1.807) is 5.01 Å². The summed E-state index contributed by atoms with van der Waals surface area (Å²) in [7, 11) is 0. The minimum Gasteiger partial charge on any atom is -0.368 e. The maximum absolute atomic E-state index is 13.4. The molecule has 9 heteroatoms. The van der Waals surface area contributed by atoms with Crippen LogP contribution in [0.1, 0.15) is 36.4 Å². The molecule has 2 atom stereocenters. The Morgan fingerprint density at radius 1 is 1.00 bits per heavy atom. The number of benzene rings is 2. The maximum atomic E-state index is 13.4. The number of nitrogen functional groups attached to an aromatic ring is 2. The second-order valence-corrected chi connectivity index (χ2v) is 9.22. The Kier molecular flexibility index (Phi) is 6.27. The van der Waals surface area contributed by atoms with Gasteiger partial charge in [0, 0.05) is 5.92 Å². The lowest BCUT2D eigenvalue weighted by Crippen LogP contribution is -2.32. The van der Waals surface area contributed by atoms with Crippen molar-refractivity contribution in [2.75, 3.05) is 17.2 Å². The van der Waals surface area contributed by atoms with Gasteiger partial charge in [0.05, 0.1) is 17.5 Å². The minimum absolute atomic E-state index is 0.0349. The summed E-state index contributed by atoms with van der Waals surface area (Å²) in [5, 5.41) is 6.88. The van der Waals surface area contributed by atoms with Gasteiger partial charge in [0.25, 0.3) is 5.91 Å². The Bertz CT molecular complexity index is 1230. The Labute approximate surface area is 202 Å². The molecule has 1 aliphatic carbocycles. The molecule has 8 nitrogen and oxygen atoms in total. The van der Waals surface area contributed by atoms with Crippen LogP contribution in [0.2, 0.25) is 0 Å². The number of aromatic nitrogens is 3. The predicted molar refractivity (Wildman–Crippen MR) is 135 cm³/mol. The molecule has 2 heterocycles. The summed E-state index contributed by atoms with van der Waals surface area (Å²) >= 11 is 1.18. The number of carbonyl (C=O) groups is 1. The van der Waals surface area contributed by atoms with Gasteiger partial charge in [-0.15, -0.1) is 0 Å². The van der Waals surface area contributed by atoms with Crippen molar-refractivity contribution in [1.29, 1.82) is 0 Å². The average Bonchev–Trinajstić information content (AvgIpc) is 3.24. The lowest BCUT2D eigenvalue weighted by atomic mass is 9.77. The number of nitrogens with two attached hydrogens (primary N) is 2. The molecule has 1 aliphatic heterocycles. The Morgan fingerprint density at radius 2 is 1.68 bits per heavy atom. The Hall–Kier alpha value is -3.72. The number of rotatable bonds is 5. The summed E-state index contributed by atoms with van der Waals surface area (Å²) in [5.41, 5.74) is 15.8. The number of hydrogen-bond donors (Lipinski definition) is 2. The van der Waals surface area contributed by atoms with Gasteiger partial charge < -0.3 is 11.5 Å². The van der Waals surface area contributed by atoms with Crippen molar-refractivity contribution in [2.45, 2.75) is 30.5 Å². The van der Waals surface area contributed by atoms with Crippen molar-refractivity contribution < 1.29 is 4.79 Å². The van der Waals surface area contributed by atoms with Gasteiger partial charge in [0.1, 0.15) is 0 Å². The van der Waals surface area contributed by atoms with Gasteiger partial charge in [-0.05, 0) is 42.0 Å². The highest BCUT2D eigenvalue weighted by atomic mass is 32.2. The number of anilines is 2. The van der Waals surface area contributed by atoms with E-state index in [0.717, 1.165) is 36.1 Å².